The monoisotopic (exact) mass is 194 g/mol. The summed E-state index contributed by atoms with van der Waals surface area (Å²) >= 11 is 0. The van der Waals surface area contributed by atoms with Crippen molar-refractivity contribution in [3.8, 4) is 0 Å². The second kappa shape index (κ2) is 3.69. The third-order valence-corrected chi connectivity index (χ3v) is 4.19. The van der Waals surface area contributed by atoms with Gasteiger partial charge in [0, 0.05) is 5.41 Å². The van der Waals surface area contributed by atoms with E-state index in [1.165, 1.54) is 25.7 Å². The maximum absolute atomic E-state index is 6.08. The maximum Gasteiger partial charge on any atom is 0.0767 e. The number of hydrogen-bond acceptors (Lipinski definition) is 1. The Morgan fingerprint density at radius 3 is 2.93 bits per heavy atom. The molecule has 1 saturated heterocycles. The van der Waals surface area contributed by atoms with Crippen molar-refractivity contribution in [2.45, 2.75) is 65.1 Å². The van der Waals surface area contributed by atoms with E-state index in [0.717, 1.165) is 6.42 Å². The number of fused-ring (bicyclic) bond motifs is 1. The Labute approximate surface area is 87.5 Å². The van der Waals surface area contributed by atoms with E-state index in [9.17, 15) is 0 Å². The summed E-state index contributed by atoms with van der Waals surface area (Å²) in [6.45, 7) is 6.80. The highest BCUT2D eigenvalue weighted by Gasteiger charge is 2.49. The minimum absolute atomic E-state index is 0.375. The maximum atomic E-state index is 6.08. The lowest BCUT2D eigenvalue weighted by atomic mass is 9.67. The molecular weight excluding hydrogens is 172 g/mol. The molecule has 14 heavy (non-hydrogen) atoms. The molecule has 0 spiro atoms. The lowest BCUT2D eigenvalue weighted by Gasteiger charge is -2.36. The fourth-order valence-corrected chi connectivity index (χ4v) is 3.49. The summed E-state index contributed by atoms with van der Waals surface area (Å²) in [5, 5.41) is 0. The highest BCUT2D eigenvalue weighted by Crippen LogP contribution is 2.52. The van der Waals surface area contributed by atoms with Gasteiger partial charge in [-0.25, -0.2) is 0 Å². The molecule has 80 valence electrons. The SMILES string of the molecule is CCC1OC(C)C2=CCCCC21CC. The molecule has 1 aliphatic heterocycles. The van der Waals surface area contributed by atoms with E-state index >= 15 is 0 Å². The lowest BCUT2D eigenvalue weighted by Crippen LogP contribution is -2.32. The third-order valence-electron chi connectivity index (χ3n) is 4.19. The van der Waals surface area contributed by atoms with Crippen LogP contribution in [-0.4, -0.2) is 12.2 Å². The van der Waals surface area contributed by atoms with E-state index in [2.05, 4.69) is 26.8 Å². The van der Waals surface area contributed by atoms with Crippen LogP contribution in [0.4, 0.5) is 0 Å². The number of rotatable bonds is 2. The molecule has 0 bridgehead atoms. The summed E-state index contributed by atoms with van der Waals surface area (Å²) in [7, 11) is 0. The molecule has 0 aromatic rings. The summed E-state index contributed by atoms with van der Waals surface area (Å²) in [6, 6.07) is 0. The fourth-order valence-electron chi connectivity index (χ4n) is 3.49. The predicted molar refractivity (Wildman–Crippen MR) is 59.3 cm³/mol. The van der Waals surface area contributed by atoms with Gasteiger partial charge in [0.25, 0.3) is 0 Å². The molecule has 0 saturated carbocycles. The fraction of sp³-hybridized carbons (Fsp3) is 0.846. The van der Waals surface area contributed by atoms with Gasteiger partial charge in [-0.05, 0) is 44.6 Å². The Bertz CT molecular complexity index is 244. The first-order valence-electron chi connectivity index (χ1n) is 6.10. The molecule has 0 aromatic carbocycles. The zero-order chi connectivity index (χ0) is 10.2. The summed E-state index contributed by atoms with van der Waals surface area (Å²) in [6.07, 6.45) is 9.68. The molecule has 1 heteroatoms. The van der Waals surface area contributed by atoms with Crippen molar-refractivity contribution in [3.63, 3.8) is 0 Å². The van der Waals surface area contributed by atoms with E-state index in [1.807, 2.05) is 0 Å². The second-order valence-corrected chi connectivity index (χ2v) is 4.74. The molecule has 3 unspecified atom stereocenters. The van der Waals surface area contributed by atoms with E-state index in [1.54, 1.807) is 5.57 Å². The second-order valence-electron chi connectivity index (χ2n) is 4.74. The third kappa shape index (κ3) is 1.25. The topological polar surface area (TPSA) is 9.23 Å². The highest BCUT2D eigenvalue weighted by atomic mass is 16.5. The van der Waals surface area contributed by atoms with Crippen LogP contribution in [0.5, 0.6) is 0 Å². The molecule has 2 aliphatic rings. The molecule has 2 rings (SSSR count). The van der Waals surface area contributed by atoms with Gasteiger partial charge in [0.1, 0.15) is 0 Å². The minimum atomic E-state index is 0.375. The first-order chi connectivity index (χ1) is 6.74. The number of hydrogen-bond donors (Lipinski definition) is 0. The van der Waals surface area contributed by atoms with Crippen LogP contribution >= 0.6 is 0 Å². The predicted octanol–water partition coefficient (Wildman–Crippen LogP) is 3.69. The van der Waals surface area contributed by atoms with Crippen LogP contribution in [0.1, 0.15) is 52.9 Å². The number of allylic oxidation sites excluding steroid dienone is 1. The molecule has 1 fully saturated rings. The molecule has 1 aliphatic carbocycles. The van der Waals surface area contributed by atoms with Crippen molar-refractivity contribution < 1.29 is 4.74 Å². The van der Waals surface area contributed by atoms with Gasteiger partial charge in [-0.2, -0.15) is 0 Å². The van der Waals surface area contributed by atoms with E-state index < -0.39 is 0 Å². The molecule has 0 amide bonds. The number of ether oxygens (including phenoxy) is 1. The summed E-state index contributed by atoms with van der Waals surface area (Å²) in [5.41, 5.74) is 2.02. The summed E-state index contributed by atoms with van der Waals surface area (Å²) < 4.78 is 6.08. The molecule has 0 radical (unpaired) electrons. The standard InChI is InChI=1S/C13H22O/c1-4-12-13(5-2)9-7-6-8-11(13)10(3)14-12/h8,10,12H,4-7,9H2,1-3H3. The average molecular weight is 194 g/mol. The van der Waals surface area contributed by atoms with Gasteiger partial charge < -0.3 is 4.74 Å². The molecule has 0 aromatic heterocycles. The van der Waals surface area contributed by atoms with E-state index in [0.29, 0.717) is 17.6 Å². The Balaban J connectivity index is 2.36. The van der Waals surface area contributed by atoms with Crippen molar-refractivity contribution in [3.05, 3.63) is 11.6 Å². The molecular formula is C13H22O. The smallest absolute Gasteiger partial charge is 0.0767 e. The first-order valence-corrected chi connectivity index (χ1v) is 6.10. The van der Waals surface area contributed by atoms with Gasteiger partial charge in [0.05, 0.1) is 12.2 Å². The Morgan fingerprint density at radius 1 is 1.50 bits per heavy atom. The highest BCUT2D eigenvalue weighted by molar-refractivity contribution is 5.27. The summed E-state index contributed by atoms with van der Waals surface area (Å²) in [5.74, 6) is 0. The zero-order valence-corrected chi connectivity index (χ0v) is 9.68. The normalized spacial score (nSPS) is 42.1. The van der Waals surface area contributed by atoms with Crippen LogP contribution in [0.2, 0.25) is 0 Å². The van der Waals surface area contributed by atoms with Gasteiger partial charge in [0.15, 0.2) is 0 Å². The van der Waals surface area contributed by atoms with Crippen LogP contribution < -0.4 is 0 Å². The minimum Gasteiger partial charge on any atom is -0.370 e. The Morgan fingerprint density at radius 2 is 2.29 bits per heavy atom. The van der Waals surface area contributed by atoms with Crippen molar-refractivity contribution in [1.29, 1.82) is 0 Å². The quantitative estimate of drug-likeness (QED) is 0.609. The van der Waals surface area contributed by atoms with Gasteiger partial charge in [-0.3, -0.25) is 0 Å². The van der Waals surface area contributed by atoms with E-state index in [-0.39, 0.29) is 0 Å². The average Bonchev–Trinajstić information content (AvgIpc) is 2.53. The molecule has 3 atom stereocenters. The largest absolute Gasteiger partial charge is 0.370 e. The summed E-state index contributed by atoms with van der Waals surface area (Å²) in [4.78, 5) is 0. The van der Waals surface area contributed by atoms with Crippen molar-refractivity contribution >= 4 is 0 Å². The Hall–Kier alpha value is -0.300. The Kier molecular flexibility index (Phi) is 2.70. The van der Waals surface area contributed by atoms with Crippen LogP contribution in [0.15, 0.2) is 11.6 Å². The molecule has 1 heterocycles. The van der Waals surface area contributed by atoms with Crippen LogP contribution in [-0.2, 0) is 4.74 Å². The van der Waals surface area contributed by atoms with Crippen molar-refractivity contribution in [2.24, 2.45) is 5.41 Å². The van der Waals surface area contributed by atoms with Gasteiger partial charge in [0.2, 0.25) is 0 Å². The zero-order valence-electron chi connectivity index (χ0n) is 9.68. The molecule has 1 nitrogen and oxygen atoms in total. The lowest BCUT2D eigenvalue weighted by molar-refractivity contribution is 0.0105. The van der Waals surface area contributed by atoms with Gasteiger partial charge >= 0.3 is 0 Å². The van der Waals surface area contributed by atoms with Crippen LogP contribution in [0, 0.1) is 5.41 Å². The van der Waals surface area contributed by atoms with Gasteiger partial charge in [-0.1, -0.05) is 19.9 Å². The van der Waals surface area contributed by atoms with Gasteiger partial charge in [-0.15, -0.1) is 0 Å². The van der Waals surface area contributed by atoms with E-state index in [4.69, 9.17) is 4.74 Å². The first kappa shape index (κ1) is 10.2. The van der Waals surface area contributed by atoms with Crippen molar-refractivity contribution in [2.75, 3.05) is 0 Å². The van der Waals surface area contributed by atoms with Crippen LogP contribution in [0.3, 0.4) is 0 Å². The molecule has 0 N–H and O–H groups in total. The van der Waals surface area contributed by atoms with Crippen LogP contribution in [0.25, 0.3) is 0 Å². The van der Waals surface area contributed by atoms with Crippen molar-refractivity contribution in [1.82, 2.24) is 0 Å².